The average Bonchev–Trinajstić information content (AvgIpc) is 3.66. The number of aromatic hydroxyl groups is 1. The molecule has 2 heterocycles. The van der Waals surface area contributed by atoms with E-state index >= 15 is 0 Å². The van der Waals surface area contributed by atoms with Gasteiger partial charge in [-0.25, -0.2) is 4.79 Å². The van der Waals surface area contributed by atoms with E-state index in [1.165, 1.54) is 7.11 Å². The van der Waals surface area contributed by atoms with Crippen LogP contribution in [-0.4, -0.2) is 62.7 Å². The van der Waals surface area contributed by atoms with Crippen molar-refractivity contribution >= 4 is 58.6 Å². The molecule has 0 bridgehead atoms. The third kappa shape index (κ3) is 6.91. The smallest absolute Gasteiger partial charge is 0.423 e. The molecule has 8 nitrogen and oxygen atoms in total. The third-order valence-electron chi connectivity index (χ3n) is 10.8. The van der Waals surface area contributed by atoms with Gasteiger partial charge in [0.1, 0.15) is 5.75 Å². The minimum absolute atomic E-state index is 0.213. The number of rotatable bonds is 10. The van der Waals surface area contributed by atoms with Crippen LogP contribution >= 0.6 is 15.9 Å². The minimum atomic E-state index is -2.94. The van der Waals surface area contributed by atoms with Gasteiger partial charge < -0.3 is 19.0 Å². The van der Waals surface area contributed by atoms with E-state index in [9.17, 15) is 19.5 Å². The van der Waals surface area contributed by atoms with Gasteiger partial charge in [0.25, 0.3) is 8.32 Å². The van der Waals surface area contributed by atoms with E-state index in [1.54, 1.807) is 12.1 Å². The Morgan fingerprint density at radius 1 is 1.00 bits per heavy atom. The zero-order valence-electron chi connectivity index (χ0n) is 29.9. The van der Waals surface area contributed by atoms with Crippen molar-refractivity contribution in [3.05, 3.63) is 106 Å². The van der Waals surface area contributed by atoms with Crippen molar-refractivity contribution in [2.24, 2.45) is 17.8 Å². The van der Waals surface area contributed by atoms with Gasteiger partial charge in [-0.05, 0) is 70.4 Å². The molecule has 10 heteroatoms. The van der Waals surface area contributed by atoms with Crippen molar-refractivity contribution in [2.75, 3.05) is 20.3 Å². The standard InChI is InChI=1S/C41H46BrNO7Si/c1-6-26(21-27-22-29(42)18-19-34(27)44)17-20-35-36-28(23-32-37(33(36)25-49-35)39(46)43(38(32)45)40(47)48-5)24-50-51(41(2,3)4,30-13-9-7-10-14-30)31-15-11-8-12-16-31/h7-16,18-19,21-22,32-33,35,37,44H,6,17,20,23-25H2,1-5H3/b26-21+/t32-,33+,35-,37-/m1/s1. The summed E-state index contributed by atoms with van der Waals surface area (Å²) >= 11 is 3.51. The predicted octanol–water partition coefficient (Wildman–Crippen LogP) is 7.39. The number of phenolic OH excluding ortho intramolecular Hbond substituents is 1. The highest BCUT2D eigenvalue weighted by Gasteiger charge is 2.59. The fourth-order valence-corrected chi connectivity index (χ4v) is 13.3. The summed E-state index contributed by atoms with van der Waals surface area (Å²) in [5, 5.41) is 12.5. The van der Waals surface area contributed by atoms with Crippen LogP contribution in [0.1, 0.15) is 58.9 Å². The van der Waals surface area contributed by atoms with Crippen LogP contribution < -0.4 is 10.4 Å². The summed E-state index contributed by atoms with van der Waals surface area (Å²) in [5.74, 6) is -2.59. The van der Waals surface area contributed by atoms with E-state index < -0.39 is 38.1 Å². The second kappa shape index (κ2) is 15.0. The Labute approximate surface area is 309 Å². The van der Waals surface area contributed by atoms with Crippen molar-refractivity contribution in [3.63, 3.8) is 0 Å². The quantitative estimate of drug-likeness (QED) is 0.130. The normalized spacial score (nSPS) is 22.3. The second-order valence-corrected chi connectivity index (χ2v) is 19.9. The number of ether oxygens (including phenoxy) is 2. The maximum atomic E-state index is 13.8. The highest BCUT2D eigenvalue weighted by Crippen LogP contribution is 2.50. The number of benzene rings is 3. The first-order valence-corrected chi connectivity index (χ1v) is 20.3. The van der Waals surface area contributed by atoms with Crippen LogP contribution in [0.2, 0.25) is 5.04 Å². The van der Waals surface area contributed by atoms with E-state index in [4.69, 9.17) is 13.9 Å². The Hall–Kier alpha value is -3.83. The maximum absolute atomic E-state index is 13.8. The minimum Gasteiger partial charge on any atom is -0.507 e. The Morgan fingerprint density at radius 3 is 2.24 bits per heavy atom. The van der Waals surface area contributed by atoms with Gasteiger partial charge in [0, 0.05) is 16.0 Å². The van der Waals surface area contributed by atoms with E-state index in [0.717, 1.165) is 43.5 Å². The van der Waals surface area contributed by atoms with Crippen LogP contribution in [0.3, 0.4) is 0 Å². The summed E-state index contributed by atoms with van der Waals surface area (Å²) in [6.45, 7) is 9.32. The molecule has 0 spiro atoms. The molecule has 3 aromatic carbocycles. The van der Waals surface area contributed by atoms with Crippen molar-refractivity contribution < 1.29 is 33.4 Å². The Kier molecular flexibility index (Phi) is 10.9. The largest absolute Gasteiger partial charge is 0.507 e. The summed E-state index contributed by atoms with van der Waals surface area (Å²) in [6, 6.07) is 26.2. The third-order valence-corrected chi connectivity index (χ3v) is 16.3. The molecule has 0 unspecified atom stereocenters. The molecule has 2 saturated heterocycles. The molecule has 2 fully saturated rings. The maximum Gasteiger partial charge on any atom is 0.423 e. The summed E-state index contributed by atoms with van der Waals surface area (Å²) in [7, 11) is -1.76. The van der Waals surface area contributed by atoms with Gasteiger partial charge in [-0.1, -0.05) is 116 Å². The molecular weight excluding hydrogens is 726 g/mol. The molecule has 0 saturated carbocycles. The number of nitrogens with zero attached hydrogens (tertiary/aromatic N) is 1. The summed E-state index contributed by atoms with van der Waals surface area (Å²) in [6.07, 6.45) is 3.24. The fourth-order valence-electron chi connectivity index (χ4n) is 8.36. The van der Waals surface area contributed by atoms with Gasteiger partial charge in [-0.15, -0.1) is 0 Å². The zero-order valence-corrected chi connectivity index (χ0v) is 32.4. The van der Waals surface area contributed by atoms with Gasteiger partial charge in [-0.2, -0.15) is 4.90 Å². The molecule has 1 aliphatic carbocycles. The SMILES string of the molecule is CC/C(=C\c1cc(Br)ccc1O)CC[C@H]1OC[C@H]2C1=C(CO[Si](c1ccccc1)(c1ccccc1)C(C)(C)C)C[C@H]1C(=O)N(C(=O)OC)C(=O)[C@H]12. The van der Waals surface area contributed by atoms with E-state index in [-0.39, 0.29) is 36.0 Å². The van der Waals surface area contributed by atoms with Crippen LogP contribution in [0.5, 0.6) is 5.75 Å². The van der Waals surface area contributed by atoms with Crippen LogP contribution in [-0.2, 0) is 23.5 Å². The van der Waals surface area contributed by atoms with Crippen molar-refractivity contribution in [3.8, 4) is 5.75 Å². The lowest BCUT2D eigenvalue weighted by molar-refractivity contribution is -0.137. The molecule has 268 valence electrons. The number of hydrogen-bond donors (Lipinski definition) is 1. The van der Waals surface area contributed by atoms with Crippen LogP contribution in [0.25, 0.3) is 6.08 Å². The van der Waals surface area contributed by atoms with Crippen molar-refractivity contribution in [2.45, 2.75) is 64.5 Å². The molecule has 4 atom stereocenters. The summed E-state index contributed by atoms with van der Waals surface area (Å²) in [5.41, 5.74) is 3.88. The Bertz CT molecular complexity index is 1810. The molecule has 51 heavy (non-hydrogen) atoms. The first-order valence-electron chi connectivity index (χ1n) is 17.6. The lowest BCUT2D eigenvalue weighted by Gasteiger charge is -2.44. The number of likely N-dealkylation sites (tertiary alicyclic amines) is 1. The Morgan fingerprint density at radius 2 is 1.65 bits per heavy atom. The summed E-state index contributed by atoms with van der Waals surface area (Å²) < 4.78 is 19.7. The van der Waals surface area contributed by atoms with Crippen molar-refractivity contribution in [1.82, 2.24) is 4.90 Å². The lowest BCUT2D eigenvalue weighted by Crippen LogP contribution is -2.66. The number of allylic oxidation sites excluding steroid dienone is 1. The molecule has 3 aliphatic rings. The zero-order chi connectivity index (χ0) is 36.5. The molecule has 6 rings (SSSR count). The van der Waals surface area contributed by atoms with Gasteiger partial charge in [0.05, 0.1) is 38.3 Å². The average molecular weight is 773 g/mol. The van der Waals surface area contributed by atoms with E-state index in [1.807, 2.05) is 24.3 Å². The predicted molar refractivity (Wildman–Crippen MR) is 203 cm³/mol. The first kappa shape index (κ1) is 36.9. The second-order valence-electron chi connectivity index (χ2n) is 14.7. The first-order chi connectivity index (χ1) is 24.4. The molecule has 2 aliphatic heterocycles. The number of amides is 3. The number of imide groups is 3. The number of carbonyl (C=O) groups is 3. The Balaban J connectivity index is 1.40. The highest BCUT2D eigenvalue weighted by atomic mass is 79.9. The van der Waals surface area contributed by atoms with Crippen LogP contribution in [0, 0.1) is 17.8 Å². The molecule has 3 amide bonds. The summed E-state index contributed by atoms with van der Waals surface area (Å²) in [4.78, 5) is 40.9. The fraction of sp³-hybridized carbons (Fsp3) is 0.390. The van der Waals surface area contributed by atoms with E-state index in [0.29, 0.717) is 24.2 Å². The number of fused-ring (bicyclic) bond motifs is 3. The molecule has 0 radical (unpaired) electrons. The van der Waals surface area contributed by atoms with Crippen LogP contribution in [0.4, 0.5) is 4.79 Å². The molecule has 1 N–H and O–H groups in total. The van der Waals surface area contributed by atoms with Crippen molar-refractivity contribution in [1.29, 1.82) is 0 Å². The lowest BCUT2D eigenvalue weighted by atomic mass is 9.69. The highest BCUT2D eigenvalue weighted by molar-refractivity contribution is 9.10. The number of carbonyl (C=O) groups excluding carboxylic acids is 3. The molecular formula is C41H46BrNO7Si. The topological polar surface area (TPSA) is 102 Å². The van der Waals surface area contributed by atoms with E-state index in [2.05, 4.69) is 92.2 Å². The number of hydrogen-bond acceptors (Lipinski definition) is 7. The van der Waals surface area contributed by atoms with Gasteiger partial charge in [0.15, 0.2) is 0 Å². The number of halogens is 1. The monoisotopic (exact) mass is 771 g/mol. The van der Waals surface area contributed by atoms with Gasteiger partial charge >= 0.3 is 6.09 Å². The molecule has 3 aromatic rings. The number of phenols is 1. The van der Waals surface area contributed by atoms with Gasteiger partial charge in [-0.3, -0.25) is 9.59 Å². The molecule has 0 aromatic heterocycles. The van der Waals surface area contributed by atoms with Gasteiger partial charge in [0.2, 0.25) is 11.8 Å². The van der Waals surface area contributed by atoms with Crippen LogP contribution in [0.15, 0.2) is 100 Å². The number of methoxy groups -OCH3 is 1.